The topological polar surface area (TPSA) is 105 Å². The van der Waals surface area contributed by atoms with Crippen molar-refractivity contribution in [3.63, 3.8) is 0 Å². The zero-order valence-corrected chi connectivity index (χ0v) is 19.8. The van der Waals surface area contributed by atoms with Crippen LogP contribution in [-0.4, -0.2) is 39.9 Å². The van der Waals surface area contributed by atoms with Gasteiger partial charge in [0.2, 0.25) is 5.91 Å². The van der Waals surface area contributed by atoms with E-state index in [1.165, 1.54) is 0 Å². The lowest BCUT2D eigenvalue weighted by atomic mass is 10.2. The number of ether oxygens (including phenoxy) is 2. The van der Waals surface area contributed by atoms with Crippen LogP contribution in [0.1, 0.15) is 31.8 Å². The van der Waals surface area contributed by atoms with Gasteiger partial charge < -0.3 is 19.8 Å². The number of primary amides is 1. The number of nitrogens with zero attached hydrogens (tertiary/aromatic N) is 4. The second kappa shape index (κ2) is 10.6. The molecule has 0 unspecified atom stereocenters. The Morgan fingerprint density at radius 2 is 2.06 bits per heavy atom. The van der Waals surface area contributed by atoms with Gasteiger partial charge in [0.25, 0.3) is 0 Å². The summed E-state index contributed by atoms with van der Waals surface area (Å²) in [5, 5.41) is 12.4. The Balaban J connectivity index is 1.74. The van der Waals surface area contributed by atoms with Crippen molar-refractivity contribution in [3.05, 3.63) is 35.1 Å². The fourth-order valence-electron chi connectivity index (χ4n) is 3.00. The highest BCUT2D eigenvalue weighted by Gasteiger charge is 2.16. The van der Waals surface area contributed by atoms with Gasteiger partial charge >= 0.3 is 0 Å². The van der Waals surface area contributed by atoms with Gasteiger partial charge in [-0.15, -0.1) is 21.5 Å². The molecule has 0 saturated carbocycles. The summed E-state index contributed by atoms with van der Waals surface area (Å²) in [5.41, 5.74) is 7.19. The fourth-order valence-corrected chi connectivity index (χ4v) is 4.82. The van der Waals surface area contributed by atoms with E-state index in [9.17, 15) is 4.79 Å². The number of thiazole rings is 1. The van der Waals surface area contributed by atoms with E-state index in [1.54, 1.807) is 37.3 Å². The molecular formula is C21H27N5O3S2. The molecule has 0 fully saturated rings. The maximum Gasteiger partial charge on any atom is 0.217 e. The normalized spacial score (nSPS) is 11.1. The third-order valence-corrected chi connectivity index (χ3v) is 6.40. The van der Waals surface area contributed by atoms with Crippen molar-refractivity contribution in [3.8, 4) is 22.1 Å². The number of hydrogen-bond acceptors (Lipinski definition) is 8. The summed E-state index contributed by atoms with van der Waals surface area (Å²) in [4.78, 5) is 15.9. The van der Waals surface area contributed by atoms with Gasteiger partial charge in [-0.05, 0) is 18.1 Å². The van der Waals surface area contributed by atoms with E-state index in [2.05, 4.69) is 28.6 Å². The smallest absolute Gasteiger partial charge is 0.217 e. The van der Waals surface area contributed by atoms with Gasteiger partial charge in [0.15, 0.2) is 5.16 Å². The Kier molecular flexibility index (Phi) is 7.91. The monoisotopic (exact) mass is 461 g/mol. The van der Waals surface area contributed by atoms with Gasteiger partial charge in [-0.2, -0.15) is 0 Å². The van der Waals surface area contributed by atoms with E-state index < -0.39 is 0 Å². The lowest BCUT2D eigenvalue weighted by molar-refractivity contribution is -0.118. The molecule has 0 saturated heterocycles. The van der Waals surface area contributed by atoms with Crippen LogP contribution in [0.15, 0.2) is 28.7 Å². The summed E-state index contributed by atoms with van der Waals surface area (Å²) in [6.07, 6.45) is 0.758. The minimum Gasteiger partial charge on any atom is -0.497 e. The molecule has 1 amide bonds. The van der Waals surface area contributed by atoms with Gasteiger partial charge in [-0.3, -0.25) is 4.79 Å². The number of benzene rings is 1. The number of methoxy groups -OCH3 is 2. The highest BCUT2D eigenvalue weighted by molar-refractivity contribution is 7.98. The number of amides is 1. The Bertz CT molecular complexity index is 1030. The van der Waals surface area contributed by atoms with Crippen molar-refractivity contribution in [1.29, 1.82) is 0 Å². The summed E-state index contributed by atoms with van der Waals surface area (Å²) in [5.74, 6) is 3.01. The van der Waals surface area contributed by atoms with Gasteiger partial charge in [0.05, 0.1) is 25.5 Å². The van der Waals surface area contributed by atoms with Gasteiger partial charge in [0, 0.05) is 36.6 Å². The molecule has 0 spiro atoms. The molecule has 2 heterocycles. The molecule has 8 nitrogen and oxygen atoms in total. The first kappa shape index (κ1) is 23.1. The van der Waals surface area contributed by atoms with Crippen LogP contribution in [0.2, 0.25) is 0 Å². The summed E-state index contributed by atoms with van der Waals surface area (Å²) < 4.78 is 12.9. The highest BCUT2D eigenvalue weighted by Crippen LogP contribution is 2.36. The second-order valence-corrected chi connectivity index (χ2v) is 9.17. The van der Waals surface area contributed by atoms with Gasteiger partial charge in [0.1, 0.15) is 22.3 Å². The van der Waals surface area contributed by atoms with Crippen LogP contribution in [0.3, 0.4) is 0 Å². The molecule has 0 atom stereocenters. The SMILES string of the molecule is COc1ccc(-c2nc(CSc3nnc(CCC(N)=O)n3CC(C)C)cs2)c(OC)c1. The van der Waals surface area contributed by atoms with Crippen LogP contribution < -0.4 is 15.2 Å². The van der Waals surface area contributed by atoms with Gasteiger partial charge in [-0.25, -0.2) is 4.98 Å². The van der Waals surface area contributed by atoms with E-state index >= 15 is 0 Å². The minimum absolute atomic E-state index is 0.264. The molecule has 0 aliphatic carbocycles. The van der Waals surface area contributed by atoms with Crippen LogP contribution in [0.25, 0.3) is 10.6 Å². The summed E-state index contributed by atoms with van der Waals surface area (Å²) in [7, 11) is 3.27. The lowest BCUT2D eigenvalue weighted by Crippen LogP contribution is -2.15. The Hall–Kier alpha value is -2.59. The lowest BCUT2D eigenvalue weighted by Gasteiger charge is -2.11. The van der Waals surface area contributed by atoms with Crippen molar-refractivity contribution in [2.24, 2.45) is 11.7 Å². The number of aromatic nitrogens is 4. The van der Waals surface area contributed by atoms with Crippen molar-refractivity contribution in [1.82, 2.24) is 19.7 Å². The molecule has 0 bridgehead atoms. The maximum absolute atomic E-state index is 11.2. The molecule has 0 aliphatic heterocycles. The average Bonchev–Trinajstić information content (AvgIpc) is 3.36. The van der Waals surface area contributed by atoms with Crippen molar-refractivity contribution >= 4 is 29.0 Å². The number of aryl methyl sites for hydroxylation is 1. The predicted molar refractivity (Wildman–Crippen MR) is 123 cm³/mol. The molecule has 31 heavy (non-hydrogen) atoms. The number of carbonyl (C=O) groups excluding carboxylic acids is 1. The van der Waals surface area contributed by atoms with E-state index in [0.717, 1.165) is 45.3 Å². The Morgan fingerprint density at radius 3 is 2.74 bits per heavy atom. The molecule has 1 aromatic carbocycles. The maximum atomic E-state index is 11.2. The molecule has 10 heteroatoms. The Morgan fingerprint density at radius 1 is 1.26 bits per heavy atom. The molecule has 3 aromatic rings. The third kappa shape index (κ3) is 5.98. The number of thioether (sulfide) groups is 1. The first-order valence-electron chi connectivity index (χ1n) is 9.91. The fraction of sp³-hybridized carbons (Fsp3) is 0.429. The van der Waals surface area contributed by atoms with Crippen LogP contribution in [-0.2, 0) is 23.5 Å². The Labute approximate surface area is 190 Å². The third-order valence-electron chi connectivity index (χ3n) is 4.48. The van der Waals surface area contributed by atoms with Crippen LogP contribution in [0.4, 0.5) is 0 Å². The number of hydrogen-bond donors (Lipinski definition) is 1. The quantitative estimate of drug-likeness (QED) is 0.433. The van der Waals surface area contributed by atoms with Crippen LogP contribution in [0.5, 0.6) is 11.5 Å². The molecule has 0 aliphatic rings. The average molecular weight is 462 g/mol. The summed E-state index contributed by atoms with van der Waals surface area (Å²) >= 11 is 3.16. The standard InChI is InChI=1S/C21H27N5O3S2/c1-13(2)10-26-19(8-7-18(22)27)24-25-21(26)31-12-14-11-30-20(23-14)16-6-5-15(28-3)9-17(16)29-4/h5-6,9,11,13H,7-8,10,12H2,1-4H3,(H2,22,27). The molecule has 2 N–H and O–H groups in total. The molecule has 0 radical (unpaired) electrons. The van der Waals surface area contributed by atoms with E-state index in [0.29, 0.717) is 18.1 Å². The van der Waals surface area contributed by atoms with E-state index in [-0.39, 0.29) is 12.3 Å². The van der Waals surface area contributed by atoms with E-state index in [4.69, 9.17) is 20.2 Å². The molecular weight excluding hydrogens is 434 g/mol. The predicted octanol–water partition coefficient (Wildman–Crippen LogP) is 3.79. The largest absolute Gasteiger partial charge is 0.497 e. The molecule has 3 rings (SSSR count). The summed E-state index contributed by atoms with van der Waals surface area (Å²) in [6, 6.07) is 5.71. The van der Waals surface area contributed by atoms with Crippen molar-refractivity contribution in [2.45, 2.75) is 44.1 Å². The van der Waals surface area contributed by atoms with Crippen molar-refractivity contribution in [2.75, 3.05) is 14.2 Å². The summed E-state index contributed by atoms with van der Waals surface area (Å²) in [6.45, 7) is 5.07. The number of rotatable bonds is 11. The number of carbonyl (C=O) groups is 1. The highest BCUT2D eigenvalue weighted by atomic mass is 32.2. The second-order valence-electron chi connectivity index (χ2n) is 7.37. The number of nitrogens with two attached hydrogens (primary N) is 1. The minimum atomic E-state index is -0.336. The van der Waals surface area contributed by atoms with Crippen molar-refractivity contribution < 1.29 is 14.3 Å². The van der Waals surface area contributed by atoms with Gasteiger partial charge in [-0.1, -0.05) is 25.6 Å². The van der Waals surface area contributed by atoms with Crippen LogP contribution in [0, 0.1) is 5.92 Å². The van der Waals surface area contributed by atoms with Crippen LogP contribution >= 0.6 is 23.1 Å². The molecule has 2 aromatic heterocycles. The first-order chi connectivity index (χ1) is 14.9. The zero-order valence-electron chi connectivity index (χ0n) is 18.1. The van der Waals surface area contributed by atoms with E-state index in [1.807, 2.05) is 23.6 Å². The zero-order chi connectivity index (χ0) is 22.4. The first-order valence-corrected chi connectivity index (χ1v) is 11.8. The molecule has 166 valence electrons.